The van der Waals surface area contributed by atoms with Crippen LogP contribution < -0.4 is 0 Å². The number of rotatable bonds is 5. The maximum absolute atomic E-state index is 13.3. The fourth-order valence-corrected chi connectivity index (χ4v) is 2.58. The molecule has 3 aromatic rings. The second-order valence-electron chi connectivity index (χ2n) is 5.77. The Morgan fingerprint density at radius 2 is 1.96 bits per heavy atom. The normalized spacial score (nSPS) is 11.5. The molecule has 0 unspecified atom stereocenters. The van der Waals surface area contributed by atoms with E-state index in [9.17, 15) is 9.18 Å². The van der Waals surface area contributed by atoms with Crippen molar-refractivity contribution < 1.29 is 14.3 Å². The first-order valence-electron chi connectivity index (χ1n) is 7.79. The number of carboxylic acids is 1. The Balaban J connectivity index is 2.03. The van der Waals surface area contributed by atoms with Gasteiger partial charge in [-0.3, -0.25) is 0 Å². The number of allylic oxidation sites excluding steroid dienone is 1. The molecule has 5 heteroatoms. The van der Waals surface area contributed by atoms with Gasteiger partial charge < -0.3 is 9.67 Å². The largest absolute Gasteiger partial charge is 0.478 e. The lowest BCUT2D eigenvalue weighted by molar-refractivity contribution is 0.0697. The van der Waals surface area contributed by atoms with Crippen molar-refractivity contribution in [3.8, 4) is 0 Å². The SMILES string of the molecule is Cc1cncn1CC(=Cc1cccc(C(=O)O)c1)c1ccc(F)cc1. The number of hydrogen-bond acceptors (Lipinski definition) is 2. The fourth-order valence-electron chi connectivity index (χ4n) is 2.58. The van der Waals surface area contributed by atoms with Crippen LogP contribution in [0, 0.1) is 12.7 Å². The molecule has 0 saturated carbocycles. The van der Waals surface area contributed by atoms with E-state index in [1.54, 1.807) is 42.9 Å². The van der Waals surface area contributed by atoms with E-state index in [-0.39, 0.29) is 11.4 Å². The number of imidazole rings is 1. The molecule has 0 aliphatic carbocycles. The minimum absolute atomic E-state index is 0.228. The van der Waals surface area contributed by atoms with Gasteiger partial charge in [-0.15, -0.1) is 0 Å². The summed E-state index contributed by atoms with van der Waals surface area (Å²) < 4.78 is 15.2. The summed E-state index contributed by atoms with van der Waals surface area (Å²) >= 11 is 0. The van der Waals surface area contributed by atoms with Crippen LogP contribution in [0.1, 0.15) is 27.2 Å². The van der Waals surface area contributed by atoms with Gasteiger partial charge in [0.15, 0.2) is 0 Å². The Hall–Kier alpha value is -3.21. The summed E-state index contributed by atoms with van der Waals surface area (Å²) in [4.78, 5) is 15.3. The summed E-state index contributed by atoms with van der Waals surface area (Å²) in [6.07, 6.45) is 5.42. The van der Waals surface area contributed by atoms with Crippen molar-refractivity contribution in [1.82, 2.24) is 9.55 Å². The third-order valence-corrected chi connectivity index (χ3v) is 3.95. The van der Waals surface area contributed by atoms with Crippen LogP contribution in [0.4, 0.5) is 4.39 Å². The number of nitrogens with zero attached hydrogens (tertiary/aromatic N) is 2. The molecule has 4 nitrogen and oxygen atoms in total. The summed E-state index contributed by atoms with van der Waals surface area (Å²) in [6.45, 7) is 2.51. The predicted octanol–water partition coefficient (Wildman–Crippen LogP) is 4.27. The molecule has 0 saturated heterocycles. The number of carboxylic acid groups (broad SMARTS) is 1. The Morgan fingerprint density at radius 3 is 2.60 bits per heavy atom. The van der Waals surface area contributed by atoms with E-state index in [2.05, 4.69) is 4.98 Å². The zero-order valence-corrected chi connectivity index (χ0v) is 13.7. The third-order valence-electron chi connectivity index (χ3n) is 3.95. The molecular formula is C20H17FN2O2. The predicted molar refractivity (Wildman–Crippen MR) is 94.6 cm³/mol. The Kier molecular flexibility index (Phi) is 4.75. The van der Waals surface area contributed by atoms with Crippen molar-refractivity contribution in [3.05, 3.63) is 89.3 Å². The van der Waals surface area contributed by atoms with Gasteiger partial charge in [0.2, 0.25) is 0 Å². The lowest BCUT2D eigenvalue weighted by atomic mass is 10.0. The zero-order chi connectivity index (χ0) is 17.8. The van der Waals surface area contributed by atoms with Crippen LogP contribution in [0.15, 0.2) is 61.1 Å². The molecule has 0 radical (unpaired) electrons. The number of aromatic carboxylic acids is 1. The van der Waals surface area contributed by atoms with Crippen molar-refractivity contribution in [1.29, 1.82) is 0 Å². The molecule has 0 fully saturated rings. The van der Waals surface area contributed by atoms with E-state index in [4.69, 9.17) is 5.11 Å². The molecule has 1 heterocycles. The number of carbonyl (C=O) groups is 1. The summed E-state index contributed by atoms with van der Waals surface area (Å²) in [5, 5.41) is 9.16. The van der Waals surface area contributed by atoms with Crippen molar-refractivity contribution in [2.45, 2.75) is 13.5 Å². The molecule has 126 valence electrons. The summed E-state index contributed by atoms with van der Waals surface area (Å²) in [5.41, 5.74) is 3.81. The van der Waals surface area contributed by atoms with Crippen LogP contribution in [0.3, 0.4) is 0 Å². The van der Waals surface area contributed by atoms with Crippen molar-refractivity contribution in [3.63, 3.8) is 0 Å². The summed E-state index contributed by atoms with van der Waals surface area (Å²) in [7, 11) is 0. The highest BCUT2D eigenvalue weighted by molar-refractivity contribution is 5.89. The van der Waals surface area contributed by atoms with Gasteiger partial charge >= 0.3 is 5.97 Å². The highest BCUT2D eigenvalue weighted by Crippen LogP contribution is 2.22. The molecule has 0 atom stereocenters. The number of halogens is 1. The number of hydrogen-bond donors (Lipinski definition) is 1. The Morgan fingerprint density at radius 1 is 1.20 bits per heavy atom. The molecule has 1 N–H and O–H groups in total. The van der Waals surface area contributed by atoms with Gasteiger partial charge in [-0.25, -0.2) is 14.2 Å². The number of benzene rings is 2. The molecule has 0 bridgehead atoms. The van der Waals surface area contributed by atoms with Crippen molar-refractivity contribution in [2.75, 3.05) is 0 Å². The van der Waals surface area contributed by atoms with Gasteiger partial charge in [0.25, 0.3) is 0 Å². The first kappa shape index (κ1) is 16.6. The minimum Gasteiger partial charge on any atom is -0.478 e. The number of aryl methyl sites for hydroxylation is 1. The van der Waals surface area contributed by atoms with Crippen LogP contribution in [0.5, 0.6) is 0 Å². The third kappa shape index (κ3) is 4.01. The van der Waals surface area contributed by atoms with E-state index in [1.165, 1.54) is 12.1 Å². The summed E-state index contributed by atoms with van der Waals surface area (Å²) in [6, 6.07) is 13.0. The Bertz CT molecular complexity index is 927. The van der Waals surface area contributed by atoms with Crippen LogP contribution in [0.2, 0.25) is 0 Å². The van der Waals surface area contributed by atoms with E-state index < -0.39 is 5.97 Å². The van der Waals surface area contributed by atoms with E-state index >= 15 is 0 Å². The maximum atomic E-state index is 13.3. The maximum Gasteiger partial charge on any atom is 0.335 e. The smallest absolute Gasteiger partial charge is 0.335 e. The first-order valence-corrected chi connectivity index (χ1v) is 7.79. The highest BCUT2D eigenvalue weighted by atomic mass is 19.1. The van der Waals surface area contributed by atoms with Crippen molar-refractivity contribution >= 4 is 17.6 Å². The van der Waals surface area contributed by atoms with Crippen LogP contribution in [-0.4, -0.2) is 20.6 Å². The lowest BCUT2D eigenvalue weighted by Gasteiger charge is -2.11. The highest BCUT2D eigenvalue weighted by Gasteiger charge is 2.07. The molecular weight excluding hydrogens is 319 g/mol. The van der Waals surface area contributed by atoms with Crippen LogP contribution in [0.25, 0.3) is 11.6 Å². The molecule has 0 aliphatic heterocycles. The molecule has 3 rings (SSSR count). The topological polar surface area (TPSA) is 55.1 Å². The van der Waals surface area contributed by atoms with Crippen molar-refractivity contribution in [2.24, 2.45) is 0 Å². The quantitative estimate of drug-likeness (QED) is 0.708. The van der Waals surface area contributed by atoms with Gasteiger partial charge in [0.05, 0.1) is 11.9 Å². The van der Waals surface area contributed by atoms with Gasteiger partial charge in [-0.1, -0.05) is 24.3 Å². The van der Waals surface area contributed by atoms with Crippen LogP contribution in [-0.2, 0) is 6.54 Å². The Labute approximate surface area is 144 Å². The zero-order valence-electron chi connectivity index (χ0n) is 13.7. The fraction of sp³-hybridized carbons (Fsp3) is 0.100. The van der Waals surface area contributed by atoms with E-state index in [0.717, 1.165) is 22.4 Å². The standard InChI is InChI=1S/C20H17FN2O2/c1-14-11-22-13-23(14)12-18(16-5-7-19(21)8-6-16)10-15-3-2-4-17(9-15)20(24)25/h2-11,13H,12H2,1H3,(H,24,25). The van der Waals surface area contributed by atoms with Gasteiger partial charge in [-0.05, 0) is 54.0 Å². The average molecular weight is 336 g/mol. The van der Waals surface area contributed by atoms with Gasteiger partial charge in [0.1, 0.15) is 5.82 Å². The second kappa shape index (κ2) is 7.13. The number of aromatic nitrogens is 2. The minimum atomic E-state index is -0.968. The summed E-state index contributed by atoms with van der Waals surface area (Å²) in [5.74, 6) is -1.26. The molecule has 1 aromatic heterocycles. The average Bonchev–Trinajstić information content (AvgIpc) is 3.00. The molecule has 0 aliphatic rings. The lowest BCUT2D eigenvalue weighted by Crippen LogP contribution is -2.02. The van der Waals surface area contributed by atoms with Gasteiger partial charge in [-0.2, -0.15) is 0 Å². The van der Waals surface area contributed by atoms with Crippen LogP contribution >= 0.6 is 0 Å². The molecule has 25 heavy (non-hydrogen) atoms. The van der Waals surface area contributed by atoms with E-state index in [0.29, 0.717) is 6.54 Å². The monoisotopic (exact) mass is 336 g/mol. The first-order chi connectivity index (χ1) is 12.0. The second-order valence-corrected chi connectivity index (χ2v) is 5.77. The molecule has 0 amide bonds. The van der Waals surface area contributed by atoms with E-state index in [1.807, 2.05) is 23.6 Å². The molecule has 2 aromatic carbocycles. The van der Waals surface area contributed by atoms with Gasteiger partial charge in [0, 0.05) is 18.4 Å². The molecule has 0 spiro atoms.